The van der Waals surface area contributed by atoms with Crippen LogP contribution in [0.3, 0.4) is 0 Å². The Morgan fingerprint density at radius 2 is 1.50 bits per heavy atom. The lowest BCUT2D eigenvalue weighted by atomic mass is 10.2. The lowest BCUT2D eigenvalue weighted by Gasteiger charge is -2.08. The van der Waals surface area contributed by atoms with Crippen LogP contribution in [0.25, 0.3) is 16.7 Å². The van der Waals surface area contributed by atoms with Crippen LogP contribution in [0.5, 0.6) is 0 Å². The van der Waals surface area contributed by atoms with Gasteiger partial charge in [-0.15, -0.1) is 0 Å². The maximum absolute atomic E-state index is 12.7. The lowest BCUT2D eigenvalue weighted by molar-refractivity contribution is 0.102. The molecule has 0 aliphatic carbocycles. The number of carbonyl (C=O) groups is 1. The quantitative estimate of drug-likeness (QED) is 0.358. The Balaban J connectivity index is 0.00000124. The van der Waals surface area contributed by atoms with Gasteiger partial charge in [0.1, 0.15) is 0 Å². The minimum atomic E-state index is -0.361. The van der Waals surface area contributed by atoms with Gasteiger partial charge in [0.15, 0.2) is 5.65 Å². The van der Waals surface area contributed by atoms with Crippen molar-refractivity contribution in [1.29, 1.82) is 0 Å². The summed E-state index contributed by atoms with van der Waals surface area (Å²) in [6.07, 6.45) is 1.45. The molecule has 0 aliphatic heterocycles. The lowest BCUT2D eigenvalue weighted by Crippen LogP contribution is -2.13. The van der Waals surface area contributed by atoms with Crippen LogP contribution in [0.1, 0.15) is 29.9 Å². The number of amides is 1. The average molecular weight is 462 g/mol. The third kappa shape index (κ3) is 4.43. The van der Waals surface area contributed by atoms with E-state index in [0.29, 0.717) is 37.5 Å². The van der Waals surface area contributed by atoms with Crippen molar-refractivity contribution >= 4 is 57.4 Å². The molecule has 0 bridgehead atoms. The number of halogens is 3. The summed E-state index contributed by atoms with van der Waals surface area (Å²) in [5, 5.41) is 9.46. The van der Waals surface area contributed by atoms with Crippen molar-refractivity contribution in [2.75, 3.05) is 5.32 Å². The molecule has 2 heterocycles. The molecule has 0 radical (unpaired) electrons. The molecule has 4 aromatic rings. The van der Waals surface area contributed by atoms with Gasteiger partial charge in [-0.25, -0.2) is 9.67 Å². The van der Waals surface area contributed by atoms with Gasteiger partial charge >= 0.3 is 0 Å². The fourth-order valence-corrected chi connectivity index (χ4v) is 3.47. The number of anilines is 1. The first kappa shape index (κ1) is 22.1. The van der Waals surface area contributed by atoms with E-state index in [-0.39, 0.29) is 11.5 Å². The Bertz CT molecular complexity index is 1190. The van der Waals surface area contributed by atoms with Crippen molar-refractivity contribution in [1.82, 2.24) is 14.8 Å². The van der Waals surface area contributed by atoms with E-state index < -0.39 is 0 Å². The van der Waals surface area contributed by atoms with Crippen LogP contribution in [-0.2, 0) is 0 Å². The van der Waals surface area contributed by atoms with Crippen molar-refractivity contribution in [3.63, 3.8) is 0 Å². The number of nitrogens with zero attached hydrogens (tertiary/aromatic N) is 3. The van der Waals surface area contributed by atoms with Gasteiger partial charge in [-0.2, -0.15) is 5.10 Å². The molecule has 0 spiro atoms. The summed E-state index contributed by atoms with van der Waals surface area (Å²) in [5.41, 5.74) is 2.91. The molecule has 30 heavy (non-hydrogen) atoms. The van der Waals surface area contributed by atoms with Gasteiger partial charge in [0.2, 0.25) is 0 Å². The number of hydrogen-bond donors (Lipinski definition) is 1. The number of benzene rings is 2. The molecule has 4 rings (SSSR count). The summed E-state index contributed by atoms with van der Waals surface area (Å²) in [6.45, 7) is 5.82. The monoisotopic (exact) mass is 460 g/mol. The van der Waals surface area contributed by atoms with Crippen LogP contribution in [-0.4, -0.2) is 20.7 Å². The summed E-state index contributed by atoms with van der Waals surface area (Å²) >= 11 is 18.4. The summed E-state index contributed by atoms with van der Waals surface area (Å²) in [7, 11) is 0. The predicted molar refractivity (Wildman–Crippen MR) is 124 cm³/mol. The van der Waals surface area contributed by atoms with Gasteiger partial charge in [0.25, 0.3) is 5.91 Å². The second-order valence-corrected chi connectivity index (χ2v) is 7.37. The molecular formula is C22H19Cl3N4O. The standard InChI is InChI=1S/C20H13Cl3N4O.C2H6/c1-11-17-18(23)16(20(28)25-14-6-2-12(21)3-7-14)10-24-19(17)27(26-11)15-8-4-13(22)5-9-15;1-2/h2-10H,1H3,(H,25,28);1-2H3. The molecule has 5 nitrogen and oxygen atoms in total. The SMILES string of the molecule is CC.Cc1nn(-c2ccc(Cl)cc2)c2ncc(C(=O)Nc3ccc(Cl)cc3)c(Cl)c12. The van der Waals surface area contributed by atoms with Crippen LogP contribution in [0.2, 0.25) is 15.1 Å². The van der Waals surface area contributed by atoms with Gasteiger partial charge in [0, 0.05) is 21.9 Å². The topological polar surface area (TPSA) is 59.8 Å². The fraction of sp³-hybridized carbons (Fsp3) is 0.136. The zero-order chi connectivity index (χ0) is 21.8. The van der Waals surface area contributed by atoms with Crippen LogP contribution >= 0.6 is 34.8 Å². The molecule has 0 saturated heterocycles. The van der Waals surface area contributed by atoms with Gasteiger partial charge < -0.3 is 5.32 Å². The highest BCUT2D eigenvalue weighted by atomic mass is 35.5. The number of fused-ring (bicyclic) bond motifs is 1. The van der Waals surface area contributed by atoms with E-state index in [0.717, 1.165) is 5.69 Å². The van der Waals surface area contributed by atoms with E-state index >= 15 is 0 Å². The zero-order valence-corrected chi connectivity index (χ0v) is 18.8. The highest BCUT2D eigenvalue weighted by Crippen LogP contribution is 2.30. The molecular weight excluding hydrogens is 443 g/mol. The first-order chi connectivity index (χ1) is 14.4. The average Bonchev–Trinajstić information content (AvgIpc) is 3.09. The third-order valence-electron chi connectivity index (χ3n) is 4.23. The molecule has 1 N–H and O–H groups in total. The number of rotatable bonds is 3. The number of carbonyl (C=O) groups excluding carboxylic acids is 1. The fourth-order valence-electron chi connectivity index (χ4n) is 2.86. The van der Waals surface area contributed by atoms with E-state index in [2.05, 4.69) is 15.4 Å². The highest BCUT2D eigenvalue weighted by molar-refractivity contribution is 6.39. The van der Waals surface area contributed by atoms with Crippen LogP contribution in [0, 0.1) is 6.92 Å². The molecule has 8 heteroatoms. The van der Waals surface area contributed by atoms with Crippen molar-refractivity contribution < 1.29 is 4.79 Å². The van der Waals surface area contributed by atoms with Crippen LogP contribution < -0.4 is 5.32 Å². The van der Waals surface area contributed by atoms with E-state index in [1.54, 1.807) is 41.1 Å². The van der Waals surface area contributed by atoms with E-state index in [9.17, 15) is 4.79 Å². The molecule has 0 fully saturated rings. The predicted octanol–water partition coefficient (Wildman–Crippen LogP) is 6.97. The first-order valence-electron chi connectivity index (χ1n) is 9.31. The second-order valence-electron chi connectivity index (χ2n) is 6.12. The molecule has 0 aliphatic rings. The molecule has 154 valence electrons. The van der Waals surface area contributed by atoms with Gasteiger partial charge in [-0.05, 0) is 55.5 Å². The Morgan fingerprint density at radius 1 is 0.933 bits per heavy atom. The minimum Gasteiger partial charge on any atom is -0.322 e. The van der Waals surface area contributed by atoms with Crippen molar-refractivity contribution in [3.05, 3.63) is 81.1 Å². The largest absolute Gasteiger partial charge is 0.322 e. The zero-order valence-electron chi connectivity index (χ0n) is 16.6. The number of nitrogens with one attached hydrogen (secondary N) is 1. The summed E-state index contributed by atoms with van der Waals surface area (Å²) in [4.78, 5) is 17.1. The number of aromatic nitrogens is 3. The van der Waals surface area contributed by atoms with E-state index in [1.165, 1.54) is 6.20 Å². The Kier molecular flexibility index (Phi) is 6.98. The van der Waals surface area contributed by atoms with E-state index in [4.69, 9.17) is 34.8 Å². The van der Waals surface area contributed by atoms with Crippen LogP contribution in [0.15, 0.2) is 54.7 Å². The van der Waals surface area contributed by atoms with Gasteiger partial charge in [0.05, 0.1) is 27.4 Å². The molecule has 0 atom stereocenters. The highest BCUT2D eigenvalue weighted by Gasteiger charge is 2.20. The van der Waals surface area contributed by atoms with Gasteiger partial charge in [-0.3, -0.25) is 4.79 Å². The molecule has 0 saturated carbocycles. The maximum atomic E-state index is 12.7. The molecule has 2 aromatic carbocycles. The molecule has 1 amide bonds. The van der Waals surface area contributed by atoms with E-state index in [1.807, 2.05) is 32.9 Å². The number of pyridine rings is 1. The van der Waals surface area contributed by atoms with Crippen molar-refractivity contribution in [3.8, 4) is 5.69 Å². The third-order valence-corrected chi connectivity index (χ3v) is 5.12. The summed E-state index contributed by atoms with van der Waals surface area (Å²) in [6, 6.07) is 14.0. The maximum Gasteiger partial charge on any atom is 0.258 e. The smallest absolute Gasteiger partial charge is 0.258 e. The Labute approximate surface area is 189 Å². The van der Waals surface area contributed by atoms with Crippen molar-refractivity contribution in [2.45, 2.75) is 20.8 Å². The minimum absolute atomic E-state index is 0.267. The van der Waals surface area contributed by atoms with Crippen LogP contribution in [0.4, 0.5) is 5.69 Å². The number of aryl methyl sites for hydroxylation is 1. The first-order valence-corrected chi connectivity index (χ1v) is 10.4. The van der Waals surface area contributed by atoms with Crippen molar-refractivity contribution in [2.24, 2.45) is 0 Å². The normalized spacial score (nSPS) is 10.5. The Morgan fingerprint density at radius 3 is 2.10 bits per heavy atom. The number of hydrogen-bond acceptors (Lipinski definition) is 3. The second kappa shape index (κ2) is 9.47. The summed E-state index contributed by atoms with van der Waals surface area (Å²) in [5.74, 6) is -0.361. The summed E-state index contributed by atoms with van der Waals surface area (Å²) < 4.78 is 1.67. The van der Waals surface area contributed by atoms with Gasteiger partial charge in [-0.1, -0.05) is 48.7 Å². The molecule has 2 aromatic heterocycles. The Hall–Kier alpha value is -2.60. The molecule has 0 unspecified atom stereocenters.